The fourth-order valence-electron chi connectivity index (χ4n) is 12.6. The molecule has 3 aromatic carbocycles. The number of hydrogen-bond acceptors (Lipinski definition) is 9. The molecular formula is C63H91N3O8. The predicted molar refractivity (Wildman–Crippen MR) is 297 cm³/mol. The number of allylic oxidation sites excluding steroid dienone is 1. The van der Waals surface area contributed by atoms with Gasteiger partial charge in [0.2, 0.25) is 11.7 Å². The Labute approximate surface area is 443 Å². The number of carbonyl (C=O) groups is 2. The zero-order chi connectivity index (χ0) is 52.3. The van der Waals surface area contributed by atoms with Crippen LogP contribution in [0.1, 0.15) is 192 Å². The van der Waals surface area contributed by atoms with Gasteiger partial charge in [0.1, 0.15) is 23.1 Å². The molecule has 11 heteroatoms. The molecule has 2 amide bonds. The lowest BCUT2D eigenvalue weighted by molar-refractivity contribution is -0.258. The lowest BCUT2D eigenvalue weighted by atomic mass is 9.55. The molecule has 2 saturated carbocycles. The number of fused-ring (bicyclic) bond motifs is 3. The van der Waals surface area contributed by atoms with Crippen LogP contribution in [0, 0.1) is 23.7 Å². The predicted octanol–water partition coefficient (Wildman–Crippen LogP) is 14.3. The fraction of sp³-hybridized carbons (Fsp3) is 0.635. The third kappa shape index (κ3) is 15.0. The lowest BCUT2D eigenvalue weighted by Gasteiger charge is -2.60. The molecule has 3 aliphatic carbocycles. The number of rotatable bonds is 30. The Morgan fingerprint density at radius 1 is 0.865 bits per heavy atom. The van der Waals surface area contributed by atoms with Crippen LogP contribution in [0.3, 0.4) is 0 Å². The molecule has 0 aromatic heterocycles. The number of amides is 2. The average Bonchev–Trinajstić information content (AvgIpc) is 3.93. The van der Waals surface area contributed by atoms with Gasteiger partial charge in [-0.05, 0) is 117 Å². The van der Waals surface area contributed by atoms with E-state index in [9.17, 15) is 15.0 Å². The number of nitrogens with zero attached hydrogens (tertiary/aromatic N) is 2. The van der Waals surface area contributed by atoms with Crippen LogP contribution in [0.4, 0.5) is 4.79 Å². The van der Waals surface area contributed by atoms with Gasteiger partial charge in [0, 0.05) is 50.6 Å². The van der Waals surface area contributed by atoms with Crippen molar-refractivity contribution in [1.82, 2.24) is 10.2 Å². The smallest absolute Gasteiger partial charge is 0.412 e. The molecule has 11 nitrogen and oxygen atoms in total. The minimum atomic E-state index is -1.41. The number of unbranched alkanes of at least 4 members (excludes halogenated alkanes) is 11. The molecule has 0 saturated heterocycles. The number of carbonyl (C=O) groups excluding carboxylic acids is 2. The summed E-state index contributed by atoms with van der Waals surface area (Å²) in [6.45, 7) is 13.6. The molecule has 0 spiro atoms. The van der Waals surface area contributed by atoms with Gasteiger partial charge in [0.05, 0.1) is 18.2 Å². The topological polar surface area (TPSA) is 139 Å². The first-order valence-electron chi connectivity index (χ1n) is 29.0. The van der Waals surface area contributed by atoms with E-state index in [1.807, 2.05) is 39.0 Å². The van der Waals surface area contributed by atoms with Gasteiger partial charge in [-0.3, -0.25) is 4.79 Å². The molecule has 1 aliphatic heterocycles. The van der Waals surface area contributed by atoms with Crippen LogP contribution in [0.2, 0.25) is 0 Å². The minimum Gasteiger partial charge on any atom is -0.459 e. The van der Waals surface area contributed by atoms with Crippen molar-refractivity contribution >= 4 is 28.5 Å². The van der Waals surface area contributed by atoms with Crippen molar-refractivity contribution in [3.8, 4) is 11.5 Å². The standard InChI is InChI=1S/C63H91N3O8/c1-6-8-9-10-11-12-13-14-15-22-38-64-61(70)72-50-35-36-56-54(43-50)59-52(33-21-24-40-68)48(29-20-23-39-67)42-53-55(65-74-62(3,4)5)44-57(63(73-56,60(53)59)71-41-7-2)66(58(69)37-34-46-26-16-17-27-46)45-49-31-25-30-47-28-18-19-32-51(47)49/h7,18-19,25,28,30-32,35-36,42-43,46,48,52,57,59-60,67-68H,2,6,8-17,20-24,26-27,29,33-34,37-41,44-45H2,1,3-5H3,(H,64,70)/t48-,52+,57-,59+,60+,63+/m0/s1. The van der Waals surface area contributed by atoms with Crippen LogP contribution in [-0.2, 0) is 20.9 Å². The van der Waals surface area contributed by atoms with Crippen LogP contribution in [-0.4, -0.2) is 76.6 Å². The Morgan fingerprint density at radius 2 is 1.57 bits per heavy atom. The highest BCUT2D eigenvalue weighted by Gasteiger charge is 2.65. The summed E-state index contributed by atoms with van der Waals surface area (Å²) in [5.74, 6) is -0.452. The van der Waals surface area contributed by atoms with Crippen LogP contribution >= 0.6 is 0 Å². The fourth-order valence-corrected chi connectivity index (χ4v) is 12.6. The maximum atomic E-state index is 15.5. The van der Waals surface area contributed by atoms with E-state index in [-0.39, 0.29) is 43.5 Å². The Balaban J connectivity index is 1.31. The molecule has 74 heavy (non-hydrogen) atoms. The SMILES string of the molecule is C=CCO[C@@]12Oc3ccc(OC(=O)NCCCCCCCCCCCC)cc3[C@H]3[C@H](CCCCO)[C@@H](CCCCO)C=C(C(=NOC(C)(C)C)C[C@@H]1N(Cc1cccc4ccccc14)C(=O)CCC1CCCC1)[C@H]32. The van der Waals surface area contributed by atoms with E-state index >= 15 is 4.79 Å². The van der Waals surface area contributed by atoms with Gasteiger partial charge in [0.15, 0.2) is 0 Å². The second-order valence-electron chi connectivity index (χ2n) is 22.8. The van der Waals surface area contributed by atoms with Crippen LogP contribution in [0.25, 0.3) is 10.8 Å². The van der Waals surface area contributed by atoms with Gasteiger partial charge in [0.25, 0.3) is 0 Å². The number of oxime groups is 1. The van der Waals surface area contributed by atoms with E-state index in [4.69, 9.17) is 24.2 Å². The van der Waals surface area contributed by atoms with E-state index in [1.54, 1.807) is 6.08 Å². The summed E-state index contributed by atoms with van der Waals surface area (Å²) in [4.78, 5) is 37.5. The van der Waals surface area contributed by atoms with Crippen molar-refractivity contribution in [2.75, 3.05) is 26.4 Å². The summed E-state index contributed by atoms with van der Waals surface area (Å²) in [6.07, 6.45) is 26.7. The van der Waals surface area contributed by atoms with E-state index < -0.39 is 29.4 Å². The average molecular weight is 1020 g/mol. The van der Waals surface area contributed by atoms with Crippen molar-refractivity contribution in [2.45, 2.75) is 205 Å². The van der Waals surface area contributed by atoms with E-state index in [2.05, 4.69) is 72.3 Å². The van der Waals surface area contributed by atoms with E-state index in [1.165, 1.54) is 57.8 Å². The highest BCUT2D eigenvalue weighted by molar-refractivity contribution is 6.03. The maximum absolute atomic E-state index is 15.5. The van der Waals surface area contributed by atoms with E-state index in [0.29, 0.717) is 56.2 Å². The first-order chi connectivity index (χ1) is 36.0. The Hall–Kier alpha value is -4.71. The Bertz CT molecular complexity index is 2310. The second kappa shape index (κ2) is 28.4. The number of hydrogen-bond donors (Lipinski definition) is 3. The van der Waals surface area contributed by atoms with Crippen molar-refractivity contribution in [2.24, 2.45) is 28.8 Å². The number of aliphatic hydroxyl groups is 2. The minimum absolute atomic E-state index is 0.0249. The monoisotopic (exact) mass is 1020 g/mol. The van der Waals surface area contributed by atoms with E-state index in [0.717, 1.165) is 97.4 Å². The molecular weight excluding hydrogens is 927 g/mol. The van der Waals surface area contributed by atoms with Gasteiger partial charge in [-0.2, -0.15) is 0 Å². The third-order valence-electron chi connectivity index (χ3n) is 16.2. The van der Waals surface area contributed by atoms with Crippen molar-refractivity contribution in [3.05, 3.63) is 96.1 Å². The summed E-state index contributed by atoms with van der Waals surface area (Å²) in [5.41, 5.74) is 3.08. The highest BCUT2D eigenvalue weighted by atomic mass is 16.7. The first-order valence-corrected chi connectivity index (χ1v) is 29.0. The lowest BCUT2D eigenvalue weighted by Crippen LogP contribution is -2.70. The second-order valence-corrected chi connectivity index (χ2v) is 22.8. The summed E-state index contributed by atoms with van der Waals surface area (Å²) >= 11 is 0. The summed E-state index contributed by atoms with van der Waals surface area (Å²) < 4.78 is 21.0. The third-order valence-corrected chi connectivity index (χ3v) is 16.2. The van der Waals surface area contributed by atoms with Crippen LogP contribution in [0.5, 0.6) is 11.5 Å². The maximum Gasteiger partial charge on any atom is 0.412 e. The Morgan fingerprint density at radius 3 is 2.28 bits per heavy atom. The number of benzene rings is 3. The molecule has 0 radical (unpaired) electrons. The molecule has 0 unspecified atom stereocenters. The van der Waals surface area contributed by atoms with Gasteiger partial charge < -0.3 is 39.5 Å². The van der Waals surface area contributed by atoms with Gasteiger partial charge in [-0.25, -0.2) is 4.79 Å². The molecule has 4 aliphatic rings. The van der Waals surface area contributed by atoms with Gasteiger partial charge >= 0.3 is 6.09 Å². The normalized spacial score (nSPS) is 22.9. The van der Waals surface area contributed by atoms with Gasteiger partial charge in [-0.1, -0.05) is 163 Å². The molecule has 406 valence electrons. The summed E-state index contributed by atoms with van der Waals surface area (Å²) in [7, 11) is 0. The number of nitrogens with one attached hydrogen (secondary N) is 1. The molecule has 3 N–H and O–H groups in total. The molecule has 3 aromatic rings. The number of aliphatic hydroxyl groups excluding tert-OH is 2. The zero-order valence-corrected chi connectivity index (χ0v) is 45.6. The largest absolute Gasteiger partial charge is 0.459 e. The summed E-state index contributed by atoms with van der Waals surface area (Å²) in [6, 6.07) is 19.7. The van der Waals surface area contributed by atoms with Gasteiger partial charge in [-0.15, -0.1) is 6.58 Å². The molecule has 0 bridgehead atoms. The van der Waals surface area contributed by atoms with Crippen LogP contribution < -0.4 is 14.8 Å². The van der Waals surface area contributed by atoms with Crippen molar-refractivity contribution in [3.63, 3.8) is 0 Å². The molecule has 1 heterocycles. The Kier molecular flexibility index (Phi) is 21.9. The summed E-state index contributed by atoms with van der Waals surface area (Å²) in [5, 5.41) is 30.5. The molecule has 2 fully saturated rings. The van der Waals surface area contributed by atoms with Crippen LogP contribution in [0.15, 0.2) is 90.1 Å². The molecule has 6 atom stereocenters. The quantitative estimate of drug-likeness (QED) is 0.0341. The first kappa shape index (κ1) is 57.0. The van der Waals surface area contributed by atoms with Crippen molar-refractivity contribution in [1.29, 1.82) is 0 Å². The highest BCUT2D eigenvalue weighted by Crippen LogP contribution is 2.62. The van der Waals surface area contributed by atoms with Crippen molar-refractivity contribution < 1.29 is 38.9 Å². The number of ether oxygens (including phenoxy) is 3. The zero-order valence-electron chi connectivity index (χ0n) is 45.6. The molecule has 7 rings (SSSR count).